The molecule has 0 aliphatic rings. The van der Waals surface area contributed by atoms with Crippen LogP contribution >= 0.6 is 0 Å². The number of carboxylic acids is 1. The summed E-state index contributed by atoms with van der Waals surface area (Å²) >= 11 is 0. The number of nitrogens with one attached hydrogen (secondary N) is 1. The molecule has 0 aliphatic heterocycles. The molecule has 0 aromatic carbocycles. The van der Waals surface area contributed by atoms with Crippen molar-refractivity contribution in [2.75, 3.05) is 0 Å². The number of hydrogen-bond donors (Lipinski definition) is 2. The van der Waals surface area contributed by atoms with Crippen LogP contribution in [-0.4, -0.2) is 22.5 Å². The second-order valence-electron chi connectivity index (χ2n) is 5.71. The fraction of sp³-hybridized carbons (Fsp3) is 0.818. The van der Waals surface area contributed by atoms with Gasteiger partial charge in [-0.1, -0.05) is 13.8 Å². The average molecular weight is 215 g/mol. The fourth-order valence-corrected chi connectivity index (χ4v) is 1.37. The van der Waals surface area contributed by atoms with E-state index < -0.39 is 11.4 Å². The van der Waals surface area contributed by atoms with Crippen molar-refractivity contribution < 1.29 is 14.7 Å². The van der Waals surface area contributed by atoms with Crippen molar-refractivity contribution in [2.24, 2.45) is 5.41 Å². The number of carbonyl (C=O) groups excluding carboxylic acids is 1. The highest BCUT2D eigenvalue weighted by Crippen LogP contribution is 2.25. The summed E-state index contributed by atoms with van der Waals surface area (Å²) < 4.78 is 0. The Hall–Kier alpha value is -1.06. The van der Waals surface area contributed by atoms with Gasteiger partial charge in [0.25, 0.3) is 0 Å². The van der Waals surface area contributed by atoms with E-state index in [1.165, 1.54) is 0 Å². The van der Waals surface area contributed by atoms with Gasteiger partial charge in [0.05, 0.1) is 6.42 Å². The first-order chi connectivity index (χ1) is 6.52. The predicted octanol–water partition coefficient (Wildman–Crippen LogP) is 1.79. The first kappa shape index (κ1) is 13.9. The van der Waals surface area contributed by atoms with Crippen LogP contribution in [0.2, 0.25) is 0 Å². The fourth-order valence-electron chi connectivity index (χ4n) is 1.37. The van der Waals surface area contributed by atoms with Crippen molar-refractivity contribution in [2.45, 2.75) is 53.0 Å². The van der Waals surface area contributed by atoms with Crippen molar-refractivity contribution >= 4 is 11.9 Å². The molecular weight excluding hydrogens is 194 g/mol. The van der Waals surface area contributed by atoms with Crippen LogP contribution in [0.3, 0.4) is 0 Å². The van der Waals surface area contributed by atoms with Crippen molar-refractivity contribution in [1.82, 2.24) is 5.32 Å². The molecule has 0 aliphatic carbocycles. The summed E-state index contributed by atoms with van der Waals surface area (Å²) in [5.41, 5.74) is -0.766. The zero-order chi connectivity index (χ0) is 12.3. The first-order valence-electron chi connectivity index (χ1n) is 5.05. The Labute approximate surface area is 91.1 Å². The second kappa shape index (κ2) is 4.64. The number of hydrogen-bond acceptors (Lipinski definition) is 2. The van der Waals surface area contributed by atoms with Crippen molar-refractivity contribution in [1.29, 1.82) is 0 Å². The first-order valence-corrected chi connectivity index (χ1v) is 5.05. The lowest BCUT2D eigenvalue weighted by Crippen LogP contribution is -2.42. The molecule has 0 rings (SSSR count). The van der Waals surface area contributed by atoms with E-state index in [0.29, 0.717) is 0 Å². The molecule has 88 valence electrons. The van der Waals surface area contributed by atoms with Gasteiger partial charge in [0.15, 0.2) is 0 Å². The summed E-state index contributed by atoms with van der Waals surface area (Å²) in [6.07, 6.45) is 0.237. The zero-order valence-corrected chi connectivity index (χ0v) is 10.2. The lowest BCUT2D eigenvalue weighted by molar-refractivity contribution is -0.139. The minimum absolute atomic E-state index is 0.00453. The molecular formula is C11H21NO3. The molecule has 0 radical (unpaired) electrons. The SMILES string of the molecule is CC(C)(CC(=O)O)CC(=O)NC(C)(C)C. The molecule has 0 atom stereocenters. The van der Waals surface area contributed by atoms with Crippen molar-refractivity contribution in [3.05, 3.63) is 0 Å². The Morgan fingerprint density at radius 3 is 1.87 bits per heavy atom. The molecule has 0 unspecified atom stereocenters. The molecule has 2 N–H and O–H groups in total. The van der Waals surface area contributed by atoms with Gasteiger partial charge >= 0.3 is 5.97 Å². The molecule has 0 saturated carbocycles. The molecule has 1 amide bonds. The molecule has 0 aromatic heterocycles. The van der Waals surface area contributed by atoms with E-state index in [9.17, 15) is 9.59 Å². The van der Waals surface area contributed by atoms with E-state index in [-0.39, 0.29) is 24.3 Å². The van der Waals surface area contributed by atoms with Crippen molar-refractivity contribution in [3.63, 3.8) is 0 Å². The van der Waals surface area contributed by atoms with E-state index >= 15 is 0 Å². The summed E-state index contributed by atoms with van der Waals surface area (Å²) in [5, 5.41) is 11.5. The molecule has 4 nitrogen and oxygen atoms in total. The molecule has 0 aromatic rings. The van der Waals surface area contributed by atoms with Crippen LogP contribution < -0.4 is 5.32 Å². The standard InChI is InChI=1S/C11H21NO3/c1-10(2,3)12-8(13)6-11(4,5)7-9(14)15/h6-7H2,1-5H3,(H,12,13)(H,14,15). The van der Waals surface area contributed by atoms with Gasteiger partial charge in [-0.05, 0) is 26.2 Å². The smallest absolute Gasteiger partial charge is 0.303 e. The molecule has 0 fully saturated rings. The van der Waals surface area contributed by atoms with Gasteiger partial charge in [0.1, 0.15) is 0 Å². The Morgan fingerprint density at radius 1 is 1.07 bits per heavy atom. The van der Waals surface area contributed by atoms with Crippen LogP contribution in [-0.2, 0) is 9.59 Å². The van der Waals surface area contributed by atoms with Crippen LogP contribution in [0.5, 0.6) is 0 Å². The maximum absolute atomic E-state index is 11.6. The maximum atomic E-state index is 11.6. The Kier molecular flexibility index (Phi) is 4.31. The van der Waals surface area contributed by atoms with Crippen LogP contribution in [0.15, 0.2) is 0 Å². The highest BCUT2D eigenvalue weighted by atomic mass is 16.4. The zero-order valence-electron chi connectivity index (χ0n) is 10.2. The van der Waals surface area contributed by atoms with E-state index in [0.717, 1.165) is 0 Å². The van der Waals surface area contributed by atoms with Gasteiger partial charge in [-0.3, -0.25) is 9.59 Å². The lowest BCUT2D eigenvalue weighted by atomic mass is 9.85. The largest absolute Gasteiger partial charge is 0.481 e. The molecule has 4 heteroatoms. The van der Waals surface area contributed by atoms with Gasteiger partial charge in [-0.2, -0.15) is 0 Å². The number of amides is 1. The Balaban J connectivity index is 4.22. The van der Waals surface area contributed by atoms with Gasteiger partial charge in [-0.25, -0.2) is 0 Å². The summed E-state index contributed by atoms with van der Waals surface area (Å²) in [7, 11) is 0. The molecule has 0 heterocycles. The third kappa shape index (κ3) is 7.97. The molecule has 0 saturated heterocycles. The summed E-state index contributed by atoms with van der Waals surface area (Å²) in [4.78, 5) is 22.1. The quantitative estimate of drug-likeness (QED) is 0.751. The topological polar surface area (TPSA) is 66.4 Å². The average Bonchev–Trinajstić information content (AvgIpc) is 1.73. The monoisotopic (exact) mass is 215 g/mol. The van der Waals surface area contributed by atoms with Gasteiger partial charge in [-0.15, -0.1) is 0 Å². The van der Waals surface area contributed by atoms with Crippen molar-refractivity contribution in [3.8, 4) is 0 Å². The summed E-state index contributed by atoms with van der Waals surface area (Å²) in [6, 6.07) is 0. The minimum Gasteiger partial charge on any atom is -0.481 e. The normalized spacial score (nSPS) is 12.3. The van der Waals surface area contributed by atoms with E-state index in [1.54, 1.807) is 13.8 Å². The third-order valence-corrected chi connectivity index (χ3v) is 1.78. The Morgan fingerprint density at radius 2 is 1.53 bits per heavy atom. The minimum atomic E-state index is -0.872. The third-order valence-electron chi connectivity index (χ3n) is 1.78. The lowest BCUT2D eigenvalue weighted by Gasteiger charge is -2.26. The second-order valence-corrected chi connectivity index (χ2v) is 5.71. The van der Waals surface area contributed by atoms with Crippen LogP contribution in [0.1, 0.15) is 47.5 Å². The van der Waals surface area contributed by atoms with Crippen LogP contribution in [0, 0.1) is 5.41 Å². The highest BCUT2D eigenvalue weighted by Gasteiger charge is 2.26. The van der Waals surface area contributed by atoms with E-state index in [1.807, 2.05) is 20.8 Å². The highest BCUT2D eigenvalue weighted by molar-refractivity contribution is 5.78. The maximum Gasteiger partial charge on any atom is 0.303 e. The predicted molar refractivity (Wildman–Crippen MR) is 58.5 cm³/mol. The van der Waals surface area contributed by atoms with E-state index in [2.05, 4.69) is 5.32 Å². The molecule has 15 heavy (non-hydrogen) atoms. The summed E-state index contributed by atoms with van der Waals surface area (Å²) in [6.45, 7) is 9.26. The van der Waals surface area contributed by atoms with Gasteiger partial charge in [0.2, 0.25) is 5.91 Å². The number of carboxylic acid groups (broad SMARTS) is 1. The number of aliphatic carboxylic acids is 1. The van der Waals surface area contributed by atoms with E-state index in [4.69, 9.17) is 5.11 Å². The van der Waals surface area contributed by atoms with Gasteiger partial charge in [0, 0.05) is 12.0 Å². The summed E-state index contributed by atoms with van der Waals surface area (Å²) in [5.74, 6) is -0.975. The van der Waals surface area contributed by atoms with Gasteiger partial charge < -0.3 is 10.4 Å². The van der Waals surface area contributed by atoms with Crippen LogP contribution in [0.25, 0.3) is 0 Å². The number of carbonyl (C=O) groups is 2. The Bertz CT molecular complexity index is 251. The van der Waals surface area contributed by atoms with Crippen LogP contribution in [0.4, 0.5) is 0 Å². The number of rotatable bonds is 4. The molecule has 0 bridgehead atoms. The molecule has 0 spiro atoms.